The van der Waals surface area contributed by atoms with Gasteiger partial charge < -0.3 is 10.2 Å². The van der Waals surface area contributed by atoms with Crippen molar-refractivity contribution in [1.29, 1.82) is 0 Å². The Balaban J connectivity index is 1.69. The molecule has 4 rings (SSSR count). The van der Waals surface area contributed by atoms with Crippen LogP contribution >= 0.6 is 0 Å². The normalized spacial score (nSPS) is 51.5. The van der Waals surface area contributed by atoms with E-state index < -0.39 is 5.97 Å². The number of rotatable bonds is 4. The molecule has 0 aromatic carbocycles. The van der Waals surface area contributed by atoms with Gasteiger partial charge in [-0.1, -0.05) is 26.8 Å². The molecule has 28 heavy (non-hydrogen) atoms. The van der Waals surface area contributed by atoms with Crippen molar-refractivity contribution >= 4 is 5.97 Å². The average molecular weight is 389 g/mol. The maximum Gasteiger partial charge on any atom is 0.303 e. The van der Waals surface area contributed by atoms with Crippen LogP contribution in [-0.4, -0.2) is 22.3 Å². The van der Waals surface area contributed by atoms with Gasteiger partial charge in [0.1, 0.15) is 0 Å². The van der Waals surface area contributed by atoms with Crippen molar-refractivity contribution in [2.45, 2.75) is 84.7 Å². The highest BCUT2D eigenvalue weighted by atomic mass is 16.4. The van der Waals surface area contributed by atoms with Crippen LogP contribution < -0.4 is 0 Å². The molecule has 0 aromatic heterocycles. The summed E-state index contributed by atoms with van der Waals surface area (Å²) in [4.78, 5) is 11.8. The third kappa shape index (κ3) is 2.99. The van der Waals surface area contributed by atoms with E-state index in [2.05, 4.69) is 33.4 Å². The van der Waals surface area contributed by atoms with E-state index in [4.69, 9.17) is 0 Å². The Labute approximate surface area is 171 Å². The molecule has 4 aliphatic carbocycles. The molecule has 0 radical (unpaired) electrons. The summed E-state index contributed by atoms with van der Waals surface area (Å²) in [6.45, 7) is 11.4. The molecule has 158 valence electrons. The van der Waals surface area contributed by atoms with Gasteiger partial charge in [-0.2, -0.15) is 0 Å². The van der Waals surface area contributed by atoms with Crippen LogP contribution in [0.3, 0.4) is 0 Å². The van der Waals surface area contributed by atoms with Crippen molar-refractivity contribution in [2.24, 2.45) is 52.3 Å². The number of aliphatic carboxylic acids is 1. The van der Waals surface area contributed by atoms with Gasteiger partial charge in [-0.15, -0.1) is 6.58 Å². The first kappa shape index (κ1) is 20.4. The van der Waals surface area contributed by atoms with Gasteiger partial charge in [-0.25, -0.2) is 0 Å². The standard InChI is InChI=1S/C25H40O3/c1-5-15(2)19-6-7-20-23-16(13-22(27)28)12-17-14-18(26)8-10-24(17,3)21(23)9-11-25(19,20)4/h5,15-21,23,26H,1,6-14H2,2-4H3,(H,27,28)/t15-,16?,17?,18?,19?,20?,21?,23?,24?,25?/m1/s1. The Hall–Kier alpha value is -0.830. The van der Waals surface area contributed by atoms with Crippen molar-refractivity contribution in [3.8, 4) is 0 Å². The Morgan fingerprint density at radius 1 is 1.11 bits per heavy atom. The second-order valence-corrected chi connectivity index (χ2v) is 11.3. The lowest BCUT2D eigenvalue weighted by molar-refractivity contribution is -0.162. The van der Waals surface area contributed by atoms with E-state index in [1.54, 1.807) is 0 Å². The van der Waals surface area contributed by atoms with Crippen LogP contribution in [0.4, 0.5) is 0 Å². The average Bonchev–Trinajstić information content (AvgIpc) is 2.99. The van der Waals surface area contributed by atoms with E-state index in [1.165, 1.54) is 25.7 Å². The highest BCUT2D eigenvalue weighted by molar-refractivity contribution is 5.67. The number of carbonyl (C=O) groups is 1. The van der Waals surface area contributed by atoms with Gasteiger partial charge in [-0.05, 0) is 104 Å². The summed E-state index contributed by atoms with van der Waals surface area (Å²) in [7, 11) is 0. The molecule has 0 bridgehead atoms. The van der Waals surface area contributed by atoms with Gasteiger partial charge in [0.25, 0.3) is 0 Å². The zero-order chi connectivity index (χ0) is 20.3. The number of aliphatic hydroxyl groups is 1. The van der Waals surface area contributed by atoms with Crippen LogP contribution in [0, 0.1) is 52.3 Å². The highest BCUT2D eigenvalue weighted by Crippen LogP contribution is 2.69. The fourth-order valence-corrected chi connectivity index (χ4v) is 8.91. The van der Waals surface area contributed by atoms with Crippen LogP contribution in [0.25, 0.3) is 0 Å². The van der Waals surface area contributed by atoms with Gasteiger partial charge >= 0.3 is 5.97 Å². The SMILES string of the molecule is C=C[C@@H](C)C1CCC2C3C(CC(=O)O)CC4CC(O)CCC4(C)C3CCC21C. The van der Waals surface area contributed by atoms with Crippen LogP contribution in [0.5, 0.6) is 0 Å². The summed E-state index contributed by atoms with van der Waals surface area (Å²) in [5, 5.41) is 20.0. The number of carboxylic acid groups (broad SMARTS) is 1. The summed E-state index contributed by atoms with van der Waals surface area (Å²) < 4.78 is 0. The first-order valence-corrected chi connectivity index (χ1v) is 11.7. The minimum atomic E-state index is -0.634. The monoisotopic (exact) mass is 388 g/mol. The predicted molar refractivity (Wildman–Crippen MR) is 112 cm³/mol. The maximum atomic E-state index is 11.8. The van der Waals surface area contributed by atoms with Crippen molar-refractivity contribution in [1.82, 2.24) is 0 Å². The molecule has 3 heteroatoms. The van der Waals surface area contributed by atoms with Crippen molar-refractivity contribution in [3.05, 3.63) is 12.7 Å². The Bertz CT molecular complexity index is 629. The molecule has 0 heterocycles. The molecule has 10 atom stereocenters. The number of allylic oxidation sites excluding steroid dienone is 1. The molecule has 0 aliphatic heterocycles. The topological polar surface area (TPSA) is 57.5 Å². The second kappa shape index (κ2) is 7.15. The predicted octanol–water partition coefficient (Wildman–Crippen LogP) is 5.53. The lowest BCUT2D eigenvalue weighted by atomic mass is 9.42. The summed E-state index contributed by atoms with van der Waals surface area (Å²) in [6, 6.07) is 0. The highest BCUT2D eigenvalue weighted by Gasteiger charge is 2.62. The van der Waals surface area contributed by atoms with Crippen LogP contribution in [0.2, 0.25) is 0 Å². The number of fused-ring (bicyclic) bond motifs is 5. The Kier molecular flexibility index (Phi) is 5.22. The first-order chi connectivity index (χ1) is 13.2. The van der Waals surface area contributed by atoms with Crippen LogP contribution in [0.1, 0.15) is 78.6 Å². The quantitative estimate of drug-likeness (QED) is 0.623. The lowest BCUT2D eigenvalue weighted by Crippen LogP contribution is -2.57. The van der Waals surface area contributed by atoms with Crippen molar-refractivity contribution in [2.75, 3.05) is 0 Å². The van der Waals surface area contributed by atoms with E-state index in [0.717, 1.165) is 25.7 Å². The molecular formula is C25H40O3. The van der Waals surface area contributed by atoms with Crippen LogP contribution in [0.15, 0.2) is 12.7 Å². The van der Waals surface area contributed by atoms with Crippen LogP contribution in [-0.2, 0) is 4.79 Å². The minimum absolute atomic E-state index is 0.182. The summed E-state index contributed by atoms with van der Waals surface area (Å²) in [5.74, 6) is 3.23. The zero-order valence-corrected chi connectivity index (χ0v) is 18.1. The molecule has 3 nitrogen and oxygen atoms in total. The smallest absolute Gasteiger partial charge is 0.303 e. The lowest BCUT2D eigenvalue weighted by Gasteiger charge is -2.63. The van der Waals surface area contributed by atoms with Crippen molar-refractivity contribution < 1.29 is 15.0 Å². The van der Waals surface area contributed by atoms with E-state index >= 15 is 0 Å². The van der Waals surface area contributed by atoms with E-state index in [0.29, 0.717) is 52.8 Å². The Morgan fingerprint density at radius 2 is 1.79 bits per heavy atom. The molecule has 2 N–H and O–H groups in total. The van der Waals surface area contributed by atoms with E-state index in [9.17, 15) is 15.0 Å². The third-order valence-electron chi connectivity index (χ3n) is 10.3. The maximum absolute atomic E-state index is 11.8. The van der Waals surface area contributed by atoms with E-state index in [-0.39, 0.29) is 12.0 Å². The molecule has 4 saturated carbocycles. The number of hydrogen-bond acceptors (Lipinski definition) is 2. The third-order valence-corrected chi connectivity index (χ3v) is 10.3. The molecule has 0 saturated heterocycles. The zero-order valence-electron chi connectivity index (χ0n) is 18.1. The Morgan fingerprint density at radius 3 is 2.46 bits per heavy atom. The minimum Gasteiger partial charge on any atom is -0.481 e. The fourth-order valence-electron chi connectivity index (χ4n) is 8.91. The number of aliphatic hydroxyl groups excluding tert-OH is 1. The van der Waals surface area contributed by atoms with Gasteiger partial charge in [0.05, 0.1) is 6.10 Å². The first-order valence-electron chi connectivity index (χ1n) is 11.7. The molecule has 0 aromatic rings. The second-order valence-electron chi connectivity index (χ2n) is 11.3. The van der Waals surface area contributed by atoms with E-state index in [1.807, 2.05) is 0 Å². The van der Waals surface area contributed by atoms with Gasteiger partial charge in [0, 0.05) is 6.42 Å². The molecule has 4 aliphatic rings. The summed E-state index contributed by atoms with van der Waals surface area (Å²) in [5.41, 5.74) is 0.630. The molecule has 0 amide bonds. The van der Waals surface area contributed by atoms with Crippen molar-refractivity contribution in [3.63, 3.8) is 0 Å². The van der Waals surface area contributed by atoms with Gasteiger partial charge in [0.2, 0.25) is 0 Å². The largest absolute Gasteiger partial charge is 0.481 e. The molecule has 9 unspecified atom stereocenters. The molecule has 0 spiro atoms. The summed E-state index contributed by atoms with van der Waals surface area (Å²) >= 11 is 0. The fraction of sp³-hybridized carbons (Fsp3) is 0.880. The number of carboxylic acids is 1. The van der Waals surface area contributed by atoms with Gasteiger partial charge in [-0.3, -0.25) is 4.79 Å². The molecule has 4 fully saturated rings. The number of hydrogen-bond donors (Lipinski definition) is 2. The summed E-state index contributed by atoms with van der Waals surface area (Å²) in [6.07, 6.45) is 11.3. The molecular weight excluding hydrogens is 348 g/mol. The van der Waals surface area contributed by atoms with Gasteiger partial charge in [0.15, 0.2) is 0 Å².